The minimum absolute atomic E-state index is 0.234. The molecule has 0 aliphatic carbocycles. The van der Waals surface area contributed by atoms with Crippen LogP contribution in [-0.2, 0) is 6.54 Å². The van der Waals surface area contributed by atoms with E-state index in [1.54, 1.807) is 36.6 Å². The number of hydrazine groups is 1. The van der Waals surface area contributed by atoms with Crippen LogP contribution in [-0.4, -0.2) is 16.0 Å². The van der Waals surface area contributed by atoms with Crippen molar-refractivity contribution in [2.24, 2.45) is 0 Å². The van der Waals surface area contributed by atoms with Gasteiger partial charge in [-0.25, -0.2) is 9.37 Å². The number of nitrogens with one attached hydrogen (secondary N) is 3. The number of fused-ring (bicyclic) bond motifs is 1. The Morgan fingerprint density at radius 1 is 1.03 bits per heavy atom. The quantitative estimate of drug-likeness (QED) is 0.343. The third kappa shape index (κ3) is 4.44. The summed E-state index contributed by atoms with van der Waals surface area (Å²) < 4.78 is 18.4. The number of para-hydroxylation sites is 1. The van der Waals surface area contributed by atoms with Gasteiger partial charge in [-0.15, -0.1) is 0 Å². The van der Waals surface area contributed by atoms with Crippen molar-refractivity contribution in [3.63, 3.8) is 0 Å². The lowest BCUT2D eigenvalue weighted by Crippen LogP contribution is -2.46. The first-order valence-corrected chi connectivity index (χ1v) is 9.53. The van der Waals surface area contributed by atoms with E-state index in [1.165, 1.54) is 12.1 Å². The van der Waals surface area contributed by atoms with E-state index in [4.69, 9.17) is 16.6 Å². The van der Waals surface area contributed by atoms with Gasteiger partial charge < -0.3 is 9.73 Å². The van der Waals surface area contributed by atoms with Crippen LogP contribution in [0.25, 0.3) is 22.4 Å². The lowest BCUT2D eigenvalue weighted by atomic mass is 10.1. The molecule has 0 unspecified atom stereocenters. The summed E-state index contributed by atoms with van der Waals surface area (Å²) in [6.45, 7) is 0.392. The molecule has 0 bridgehead atoms. The van der Waals surface area contributed by atoms with Gasteiger partial charge in [-0.3, -0.25) is 15.6 Å². The van der Waals surface area contributed by atoms with Crippen molar-refractivity contribution in [2.75, 3.05) is 0 Å². The number of hydrogen-bond donors (Lipinski definition) is 3. The number of halogens is 1. The molecule has 8 heteroatoms. The van der Waals surface area contributed by atoms with Crippen molar-refractivity contribution in [1.29, 1.82) is 0 Å². The van der Waals surface area contributed by atoms with Crippen molar-refractivity contribution in [2.45, 2.75) is 6.54 Å². The molecule has 2 aromatic heterocycles. The molecule has 4 rings (SSSR count). The SMILES string of the molecule is O=C(NNC(=S)NCc1ccc(F)cc1)c1cc(-c2ccco2)nc2ccccc12. The Bertz CT molecular complexity index is 1190. The molecule has 1 amide bonds. The highest BCUT2D eigenvalue weighted by molar-refractivity contribution is 7.80. The number of carbonyl (C=O) groups excluding carboxylic acids is 1. The van der Waals surface area contributed by atoms with E-state index in [2.05, 4.69) is 21.2 Å². The molecule has 0 saturated heterocycles. The van der Waals surface area contributed by atoms with Crippen molar-refractivity contribution in [3.8, 4) is 11.5 Å². The van der Waals surface area contributed by atoms with Crippen LogP contribution in [0.1, 0.15) is 15.9 Å². The number of pyridine rings is 1. The van der Waals surface area contributed by atoms with Gasteiger partial charge in [-0.1, -0.05) is 30.3 Å². The Balaban J connectivity index is 1.46. The van der Waals surface area contributed by atoms with Crippen LogP contribution >= 0.6 is 12.2 Å². The van der Waals surface area contributed by atoms with Crippen LogP contribution in [0.4, 0.5) is 4.39 Å². The fourth-order valence-corrected chi connectivity index (χ4v) is 3.05. The Hall–Kier alpha value is -3.78. The fourth-order valence-electron chi connectivity index (χ4n) is 2.92. The summed E-state index contributed by atoms with van der Waals surface area (Å²) in [5.41, 5.74) is 7.80. The second-order valence-corrected chi connectivity index (χ2v) is 6.85. The smallest absolute Gasteiger partial charge is 0.270 e. The predicted octanol–water partition coefficient (Wildman–Crippen LogP) is 3.94. The van der Waals surface area contributed by atoms with Crippen molar-refractivity contribution < 1.29 is 13.6 Å². The first-order chi connectivity index (χ1) is 14.6. The van der Waals surface area contributed by atoms with E-state index in [1.807, 2.05) is 24.3 Å². The maximum atomic E-state index is 13.0. The normalized spacial score (nSPS) is 10.6. The van der Waals surface area contributed by atoms with Gasteiger partial charge in [0.1, 0.15) is 11.5 Å². The molecule has 0 fully saturated rings. The molecule has 2 heterocycles. The Morgan fingerprint density at radius 2 is 1.83 bits per heavy atom. The second kappa shape index (κ2) is 8.71. The molecule has 30 heavy (non-hydrogen) atoms. The molecule has 2 aromatic carbocycles. The number of rotatable bonds is 4. The predicted molar refractivity (Wildman–Crippen MR) is 116 cm³/mol. The number of aromatic nitrogens is 1. The van der Waals surface area contributed by atoms with Gasteiger partial charge in [0.05, 0.1) is 17.3 Å². The van der Waals surface area contributed by atoms with Gasteiger partial charge in [-0.2, -0.15) is 0 Å². The molecular weight excluding hydrogens is 403 g/mol. The zero-order chi connectivity index (χ0) is 20.9. The highest BCUT2D eigenvalue weighted by Crippen LogP contribution is 2.25. The average Bonchev–Trinajstić information content (AvgIpc) is 3.31. The zero-order valence-electron chi connectivity index (χ0n) is 15.7. The number of nitrogens with zero attached hydrogens (tertiary/aromatic N) is 1. The summed E-state index contributed by atoms with van der Waals surface area (Å²) in [5, 5.41) is 3.89. The van der Waals surface area contributed by atoms with E-state index in [0.29, 0.717) is 34.5 Å². The van der Waals surface area contributed by atoms with Gasteiger partial charge in [0.2, 0.25) is 0 Å². The van der Waals surface area contributed by atoms with Crippen LogP contribution in [0.2, 0.25) is 0 Å². The number of furan rings is 1. The first kappa shape index (κ1) is 19.5. The van der Waals surface area contributed by atoms with Gasteiger partial charge >= 0.3 is 0 Å². The third-order valence-corrected chi connectivity index (χ3v) is 4.64. The van der Waals surface area contributed by atoms with Crippen molar-refractivity contribution >= 4 is 34.1 Å². The van der Waals surface area contributed by atoms with E-state index >= 15 is 0 Å². The summed E-state index contributed by atoms with van der Waals surface area (Å²) in [6, 6.07) is 18.6. The molecule has 150 valence electrons. The minimum Gasteiger partial charge on any atom is -0.463 e. The van der Waals surface area contributed by atoms with Crippen LogP contribution < -0.4 is 16.2 Å². The highest BCUT2D eigenvalue weighted by atomic mass is 32.1. The maximum absolute atomic E-state index is 13.0. The van der Waals surface area contributed by atoms with E-state index in [0.717, 1.165) is 5.56 Å². The molecular formula is C22H17FN4O2S. The zero-order valence-corrected chi connectivity index (χ0v) is 16.5. The average molecular weight is 420 g/mol. The first-order valence-electron chi connectivity index (χ1n) is 9.12. The molecule has 0 aliphatic rings. The van der Waals surface area contributed by atoms with Crippen LogP contribution in [0.15, 0.2) is 77.4 Å². The Labute approximate surface area is 177 Å². The van der Waals surface area contributed by atoms with E-state index in [9.17, 15) is 9.18 Å². The summed E-state index contributed by atoms with van der Waals surface area (Å²) in [4.78, 5) is 17.4. The highest BCUT2D eigenvalue weighted by Gasteiger charge is 2.15. The summed E-state index contributed by atoms with van der Waals surface area (Å²) in [5.74, 6) is -0.100. The number of carbonyl (C=O) groups is 1. The summed E-state index contributed by atoms with van der Waals surface area (Å²) in [7, 11) is 0. The van der Waals surface area contributed by atoms with Crippen LogP contribution in [0, 0.1) is 5.82 Å². The van der Waals surface area contributed by atoms with Crippen molar-refractivity contribution in [1.82, 2.24) is 21.2 Å². The molecule has 0 aliphatic heterocycles. The van der Waals surface area contributed by atoms with Crippen molar-refractivity contribution in [3.05, 3.63) is 89.9 Å². The minimum atomic E-state index is -0.368. The maximum Gasteiger partial charge on any atom is 0.270 e. The van der Waals surface area contributed by atoms with E-state index in [-0.39, 0.29) is 16.8 Å². The standard InChI is InChI=1S/C22H17FN4O2S/c23-15-9-7-14(8-10-15)13-24-22(30)27-26-21(28)17-12-19(20-6-3-11-29-20)25-18-5-2-1-4-16(17)18/h1-12H,13H2,(H,26,28)(H2,24,27,30). The van der Waals surface area contributed by atoms with Gasteiger partial charge in [0.25, 0.3) is 5.91 Å². The molecule has 0 radical (unpaired) electrons. The molecule has 0 spiro atoms. The summed E-state index contributed by atoms with van der Waals surface area (Å²) in [6.07, 6.45) is 1.55. The molecule has 3 N–H and O–H groups in total. The number of hydrogen-bond acceptors (Lipinski definition) is 4. The lowest BCUT2D eigenvalue weighted by Gasteiger charge is -2.13. The second-order valence-electron chi connectivity index (χ2n) is 6.44. The van der Waals surface area contributed by atoms with Crippen LogP contribution in [0.5, 0.6) is 0 Å². The van der Waals surface area contributed by atoms with E-state index < -0.39 is 0 Å². The Kier molecular flexibility index (Phi) is 5.67. The number of benzene rings is 2. The number of amides is 1. The fraction of sp³-hybridized carbons (Fsp3) is 0.0455. The molecule has 0 saturated carbocycles. The molecule has 6 nitrogen and oxygen atoms in total. The largest absolute Gasteiger partial charge is 0.463 e. The summed E-state index contributed by atoms with van der Waals surface area (Å²) >= 11 is 5.20. The van der Waals surface area contributed by atoms with Gasteiger partial charge in [0, 0.05) is 11.9 Å². The number of thiocarbonyl (C=S) groups is 1. The third-order valence-electron chi connectivity index (χ3n) is 4.39. The van der Waals surface area contributed by atoms with Crippen LogP contribution in [0.3, 0.4) is 0 Å². The lowest BCUT2D eigenvalue weighted by molar-refractivity contribution is 0.0945. The monoisotopic (exact) mass is 420 g/mol. The molecule has 4 aromatic rings. The Morgan fingerprint density at radius 3 is 2.60 bits per heavy atom. The topological polar surface area (TPSA) is 79.2 Å². The van der Waals surface area contributed by atoms with Gasteiger partial charge in [0.15, 0.2) is 10.9 Å². The molecule has 0 atom stereocenters. The van der Waals surface area contributed by atoms with Gasteiger partial charge in [-0.05, 0) is 54.2 Å².